The maximum absolute atomic E-state index is 8.44. The Balaban J connectivity index is 4.24. The van der Waals surface area contributed by atoms with Crippen LogP contribution in [-0.4, -0.2) is 11.1 Å². The zero-order chi connectivity index (χ0) is 8.85. The molecule has 0 aliphatic heterocycles. The molecule has 0 aromatic carbocycles. The predicted octanol–water partition coefficient (Wildman–Crippen LogP) is 0.660. The third-order valence-corrected chi connectivity index (χ3v) is 1.42. The Morgan fingerprint density at radius 3 is 2.36 bits per heavy atom. The van der Waals surface area contributed by atoms with Gasteiger partial charge in [-0.15, -0.1) is 6.58 Å². The van der Waals surface area contributed by atoms with Crippen LogP contribution in [0.5, 0.6) is 0 Å². The molecule has 0 heterocycles. The fraction of sp³-hybridized carbons (Fsp3) is 0.250. The molecule has 0 aliphatic carbocycles. The molecule has 0 unspecified atom stereocenters. The Morgan fingerprint density at radius 2 is 2.09 bits per heavy atom. The maximum Gasteiger partial charge on any atom is 0.0758 e. The van der Waals surface area contributed by atoms with E-state index in [0.29, 0.717) is 5.70 Å². The Bertz CT molecular complexity index is 175. The van der Waals surface area contributed by atoms with Crippen LogP contribution in [0.25, 0.3) is 0 Å². The zero-order valence-electron chi connectivity index (χ0n) is 6.40. The summed E-state index contributed by atoms with van der Waals surface area (Å²) < 4.78 is 0. The van der Waals surface area contributed by atoms with Gasteiger partial charge >= 0.3 is 0 Å². The molecule has 11 heavy (non-hydrogen) atoms. The topological polar surface area (TPSA) is 72.3 Å². The highest BCUT2D eigenvalue weighted by Crippen LogP contribution is 2.08. The van der Waals surface area contributed by atoms with Gasteiger partial charge in [-0.3, -0.25) is 0 Å². The van der Waals surface area contributed by atoms with Gasteiger partial charge in [0.05, 0.1) is 12.3 Å². The quantitative estimate of drug-likeness (QED) is 0.411. The molecule has 0 fully saturated rings. The van der Waals surface area contributed by atoms with Crippen molar-refractivity contribution in [1.29, 1.82) is 0 Å². The standard InChI is InChI=1S/C8H14N2O/c1-3-7(4-5-11)8(10)6(2)9/h3-5,7-8,11H,1-2,9-10H2/b5-4+/t7-,8+/m1/s1. The van der Waals surface area contributed by atoms with Crippen LogP contribution < -0.4 is 11.5 Å². The molecule has 0 aliphatic rings. The first kappa shape index (κ1) is 9.78. The second-order valence-electron chi connectivity index (χ2n) is 2.26. The van der Waals surface area contributed by atoms with E-state index in [9.17, 15) is 0 Å². The van der Waals surface area contributed by atoms with E-state index in [1.165, 1.54) is 6.08 Å². The smallest absolute Gasteiger partial charge is 0.0758 e. The number of hydrogen-bond donors (Lipinski definition) is 3. The molecule has 0 radical (unpaired) electrons. The van der Waals surface area contributed by atoms with Crippen molar-refractivity contribution >= 4 is 0 Å². The summed E-state index contributed by atoms with van der Waals surface area (Å²) in [5, 5.41) is 8.44. The molecule has 0 aromatic heterocycles. The van der Waals surface area contributed by atoms with Crippen LogP contribution >= 0.6 is 0 Å². The Morgan fingerprint density at radius 1 is 1.55 bits per heavy atom. The molecule has 0 amide bonds. The van der Waals surface area contributed by atoms with Crippen molar-refractivity contribution in [2.75, 3.05) is 0 Å². The first-order valence-electron chi connectivity index (χ1n) is 3.26. The SMILES string of the molecule is C=C[C@H](/C=C/O)[C@@H](N)C(=C)N. The van der Waals surface area contributed by atoms with E-state index in [-0.39, 0.29) is 12.0 Å². The number of aliphatic hydroxyl groups excluding tert-OH is 1. The van der Waals surface area contributed by atoms with E-state index in [1.807, 2.05) is 0 Å². The molecule has 3 heteroatoms. The molecule has 0 rings (SSSR count). The zero-order valence-corrected chi connectivity index (χ0v) is 6.40. The molecule has 0 bridgehead atoms. The van der Waals surface area contributed by atoms with Gasteiger partial charge in [-0.05, 0) is 6.08 Å². The fourth-order valence-electron chi connectivity index (χ4n) is 0.691. The van der Waals surface area contributed by atoms with Gasteiger partial charge in [0, 0.05) is 11.6 Å². The second-order valence-corrected chi connectivity index (χ2v) is 2.26. The largest absolute Gasteiger partial charge is 0.516 e. The minimum atomic E-state index is -0.379. The summed E-state index contributed by atoms with van der Waals surface area (Å²) in [7, 11) is 0. The average molecular weight is 154 g/mol. The van der Waals surface area contributed by atoms with Crippen molar-refractivity contribution in [2.45, 2.75) is 6.04 Å². The van der Waals surface area contributed by atoms with Gasteiger partial charge in [-0.25, -0.2) is 0 Å². The van der Waals surface area contributed by atoms with Crippen molar-refractivity contribution in [3.8, 4) is 0 Å². The normalized spacial score (nSPS) is 16.1. The van der Waals surface area contributed by atoms with Crippen LogP contribution in [0.1, 0.15) is 0 Å². The molecule has 3 nitrogen and oxygen atoms in total. The first-order chi connectivity index (χ1) is 5.13. The summed E-state index contributed by atoms with van der Waals surface area (Å²) in [4.78, 5) is 0. The first-order valence-corrected chi connectivity index (χ1v) is 3.26. The van der Waals surface area contributed by atoms with E-state index in [0.717, 1.165) is 6.26 Å². The van der Waals surface area contributed by atoms with Gasteiger partial charge in [0.2, 0.25) is 0 Å². The van der Waals surface area contributed by atoms with E-state index in [1.54, 1.807) is 6.08 Å². The van der Waals surface area contributed by atoms with Crippen LogP contribution in [0.2, 0.25) is 0 Å². The van der Waals surface area contributed by atoms with Crippen molar-refractivity contribution in [3.63, 3.8) is 0 Å². The molecule has 0 saturated carbocycles. The lowest BCUT2D eigenvalue weighted by Gasteiger charge is -2.15. The highest BCUT2D eigenvalue weighted by Gasteiger charge is 2.11. The molecular formula is C8H14N2O. The number of nitrogens with two attached hydrogens (primary N) is 2. The van der Waals surface area contributed by atoms with Crippen LogP contribution in [-0.2, 0) is 0 Å². The average Bonchev–Trinajstić information content (AvgIpc) is 1.98. The fourth-order valence-corrected chi connectivity index (χ4v) is 0.691. The lowest BCUT2D eigenvalue weighted by molar-refractivity contribution is 0.464. The Kier molecular flexibility index (Phi) is 4.07. The van der Waals surface area contributed by atoms with Crippen LogP contribution in [0.4, 0.5) is 0 Å². The molecule has 0 spiro atoms. The maximum atomic E-state index is 8.44. The second kappa shape index (κ2) is 4.57. The summed E-state index contributed by atoms with van der Waals surface area (Å²) in [5.41, 5.74) is 11.3. The molecule has 0 saturated heterocycles. The van der Waals surface area contributed by atoms with Crippen LogP contribution in [0.15, 0.2) is 37.3 Å². The minimum absolute atomic E-state index is 0.155. The lowest BCUT2D eigenvalue weighted by atomic mass is 9.99. The van der Waals surface area contributed by atoms with E-state index < -0.39 is 0 Å². The third-order valence-electron chi connectivity index (χ3n) is 1.42. The molecule has 2 atom stereocenters. The summed E-state index contributed by atoms with van der Waals surface area (Å²) in [5.74, 6) is -0.155. The number of aliphatic hydroxyl groups is 1. The molecule has 62 valence electrons. The minimum Gasteiger partial charge on any atom is -0.516 e. The highest BCUT2D eigenvalue weighted by molar-refractivity contribution is 5.11. The van der Waals surface area contributed by atoms with Crippen LogP contribution in [0, 0.1) is 5.92 Å². The van der Waals surface area contributed by atoms with Gasteiger partial charge in [-0.1, -0.05) is 12.7 Å². The molecular weight excluding hydrogens is 140 g/mol. The number of rotatable bonds is 4. The van der Waals surface area contributed by atoms with Crippen molar-refractivity contribution in [3.05, 3.63) is 37.3 Å². The van der Waals surface area contributed by atoms with Crippen LogP contribution in [0.3, 0.4) is 0 Å². The Labute approximate surface area is 66.7 Å². The Hall–Kier alpha value is -1.22. The van der Waals surface area contributed by atoms with Gasteiger partial charge < -0.3 is 16.6 Å². The van der Waals surface area contributed by atoms with Gasteiger partial charge in [0.25, 0.3) is 0 Å². The highest BCUT2D eigenvalue weighted by atomic mass is 16.2. The van der Waals surface area contributed by atoms with E-state index >= 15 is 0 Å². The number of hydrogen-bond acceptors (Lipinski definition) is 3. The van der Waals surface area contributed by atoms with Crippen molar-refractivity contribution < 1.29 is 5.11 Å². The van der Waals surface area contributed by atoms with E-state index in [2.05, 4.69) is 13.2 Å². The third kappa shape index (κ3) is 2.91. The predicted molar refractivity (Wildman–Crippen MR) is 46.8 cm³/mol. The summed E-state index contributed by atoms with van der Waals surface area (Å²) in [6.45, 7) is 7.04. The van der Waals surface area contributed by atoms with E-state index in [4.69, 9.17) is 16.6 Å². The van der Waals surface area contributed by atoms with Gasteiger partial charge in [0.15, 0.2) is 0 Å². The monoisotopic (exact) mass is 154 g/mol. The van der Waals surface area contributed by atoms with Crippen molar-refractivity contribution in [1.82, 2.24) is 0 Å². The summed E-state index contributed by atoms with van der Waals surface area (Å²) >= 11 is 0. The summed E-state index contributed by atoms with van der Waals surface area (Å²) in [6, 6.07) is -0.379. The lowest BCUT2D eigenvalue weighted by Crippen LogP contribution is -2.32. The van der Waals surface area contributed by atoms with Crippen molar-refractivity contribution in [2.24, 2.45) is 17.4 Å². The summed E-state index contributed by atoms with van der Waals surface area (Å²) in [6.07, 6.45) is 4.04. The molecule has 5 N–H and O–H groups in total. The molecule has 0 aromatic rings. The van der Waals surface area contributed by atoms with Gasteiger partial charge in [0.1, 0.15) is 0 Å². The van der Waals surface area contributed by atoms with Gasteiger partial charge in [-0.2, -0.15) is 0 Å².